The SMILES string of the molecule is Nc1cc(Cl)cc(S(=O)(=O)N2CCCC2)c1F. The minimum atomic E-state index is -3.82. The molecule has 0 amide bonds. The van der Waals surface area contributed by atoms with Gasteiger partial charge in [0.2, 0.25) is 10.0 Å². The molecule has 1 heterocycles. The Balaban J connectivity index is 2.52. The van der Waals surface area contributed by atoms with Crippen molar-refractivity contribution in [2.24, 2.45) is 0 Å². The van der Waals surface area contributed by atoms with Gasteiger partial charge in [-0.25, -0.2) is 12.8 Å². The van der Waals surface area contributed by atoms with Crippen molar-refractivity contribution in [2.75, 3.05) is 18.8 Å². The fraction of sp³-hybridized carbons (Fsp3) is 0.400. The fourth-order valence-electron chi connectivity index (χ4n) is 1.84. The van der Waals surface area contributed by atoms with Gasteiger partial charge in [-0.2, -0.15) is 4.31 Å². The van der Waals surface area contributed by atoms with Gasteiger partial charge in [0.15, 0.2) is 5.82 Å². The zero-order valence-electron chi connectivity index (χ0n) is 8.99. The van der Waals surface area contributed by atoms with Gasteiger partial charge in [-0.15, -0.1) is 0 Å². The number of hydrogen-bond donors (Lipinski definition) is 1. The second-order valence-corrected chi connectivity index (χ2v) is 6.26. The first kappa shape index (κ1) is 12.6. The predicted molar refractivity (Wildman–Crippen MR) is 63.8 cm³/mol. The molecule has 1 aliphatic rings. The summed E-state index contributed by atoms with van der Waals surface area (Å²) in [5.74, 6) is -0.929. The van der Waals surface area contributed by atoms with Crippen LogP contribution in [-0.4, -0.2) is 25.8 Å². The molecule has 4 nitrogen and oxygen atoms in total. The Morgan fingerprint density at radius 3 is 2.47 bits per heavy atom. The average Bonchev–Trinajstić information content (AvgIpc) is 2.76. The lowest BCUT2D eigenvalue weighted by atomic mass is 10.3. The van der Waals surface area contributed by atoms with E-state index in [0.717, 1.165) is 18.9 Å². The van der Waals surface area contributed by atoms with Gasteiger partial charge in [-0.3, -0.25) is 0 Å². The summed E-state index contributed by atoms with van der Waals surface area (Å²) in [6, 6.07) is 2.29. The van der Waals surface area contributed by atoms with E-state index >= 15 is 0 Å². The Hall–Kier alpha value is -0.850. The van der Waals surface area contributed by atoms with Crippen molar-refractivity contribution < 1.29 is 12.8 Å². The summed E-state index contributed by atoms with van der Waals surface area (Å²) in [5, 5.41) is 0.113. The van der Waals surface area contributed by atoms with Crippen LogP contribution in [0.4, 0.5) is 10.1 Å². The highest BCUT2D eigenvalue weighted by Crippen LogP contribution is 2.29. The van der Waals surface area contributed by atoms with Crippen LogP contribution in [0.15, 0.2) is 17.0 Å². The molecule has 0 radical (unpaired) electrons. The van der Waals surface area contributed by atoms with Gasteiger partial charge in [0.05, 0.1) is 5.69 Å². The standard InChI is InChI=1S/C10H12ClFN2O2S/c11-7-5-8(13)10(12)9(6-7)17(15,16)14-3-1-2-4-14/h5-6H,1-4,13H2. The van der Waals surface area contributed by atoms with Gasteiger partial charge in [0.25, 0.3) is 0 Å². The molecule has 94 valence electrons. The zero-order chi connectivity index (χ0) is 12.6. The van der Waals surface area contributed by atoms with Crippen molar-refractivity contribution in [3.05, 3.63) is 23.0 Å². The highest BCUT2D eigenvalue weighted by Gasteiger charge is 2.30. The number of benzene rings is 1. The van der Waals surface area contributed by atoms with Crippen LogP contribution in [0.2, 0.25) is 5.02 Å². The number of halogens is 2. The van der Waals surface area contributed by atoms with Crippen LogP contribution in [0.5, 0.6) is 0 Å². The van der Waals surface area contributed by atoms with Crippen LogP contribution in [0.25, 0.3) is 0 Å². The van der Waals surface area contributed by atoms with E-state index in [4.69, 9.17) is 17.3 Å². The smallest absolute Gasteiger partial charge is 0.246 e. The molecular formula is C10H12ClFN2O2S. The zero-order valence-corrected chi connectivity index (χ0v) is 10.6. The highest BCUT2D eigenvalue weighted by atomic mass is 35.5. The van der Waals surface area contributed by atoms with Crippen molar-refractivity contribution in [3.8, 4) is 0 Å². The summed E-state index contributed by atoms with van der Waals surface area (Å²) in [7, 11) is -3.82. The average molecular weight is 279 g/mol. The number of rotatable bonds is 2. The van der Waals surface area contributed by atoms with Gasteiger partial charge in [-0.05, 0) is 25.0 Å². The maximum absolute atomic E-state index is 13.7. The molecule has 0 saturated carbocycles. The number of nitrogen functional groups attached to an aromatic ring is 1. The predicted octanol–water partition coefficient (Wildman–Crippen LogP) is 1.85. The van der Waals surface area contributed by atoms with E-state index in [0.29, 0.717) is 13.1 Å². The Kier molecular flexibility index (Phi) is 3.29. The monoisotopic (exact) mass is 278 g/mol. The summed E-state index contributed by atoms with van der Waals surface area (Å²) in [6.07, 6.45) is 1.58. The first-order valence-electron chi connectivity index (χ1n) is 5.17. The summed E-state index contributed by atoms with van der Waals surface area (Å²) in [4.78, 5) is -0.440. The van der Waals surface area contributed by atoms with E-state index in [2.05, 4.69) is 0 Å². The number of nitrogens with zero attached hydrogens (tertiary/aromatic N) is 1. The number of sulfonamides is 1. The normalized spacial score (nSPS) is 17.5. The molecule has 0 bridgehead atoms. The van der Waals surface area contributed by atoms with Crippen molar-refractivity contribution in [1.82, 2.24) is 4.31 Å². The first-order chi connectivity index (χ1) is 7.93. The molecule has 2 N–H and O–H groups in total. The minimum absolute atomic E-state index is 0.113. The molecular weight excluding hydrogens is 267 g/mol. The Bertz CT molecular complexity index is 541. The van der Waals surface area contributed by atoms with E-state index in [1.54, 1.807) is 0 Å². The van der Waals surface area contributed by atoms with Gasteiger partial charge < -0.3 is 5.73 Å². The van der Waals surface area contributed by atoms with E-state index in [9.17, 15) is 12.8 Å². The second-order valence-electron chi connectivity index (χ2n) is 3.92. The van der Waals surface area contributed by atoms with E-state index in [-0.39, 0.29) is 10.7 Å². The number of hydrogen-bond acceptors (Lipinski definition) is 3. The second kappa shape index (κ2) is 4.44. The van der Waals surface area contributed by atoms with Crippen molar-refractivity contribution in [1.29, 1.82) is 0 Å². The van der Waals surface area contributed by atoms with Crippen LogP contribution in [-0.2, 0) is 10.0 Å². The fourth-order valence-corrected chi connectivity index (χ4v) is 3.77. The molecule has 2 rings (SSSR count). The van der Waals surface area contributed by atoms with Gasteiger partial charge in [-0.1, -0.05) is 11.6 Å². The summed E-state index contributed by atoms with van der Waals surface area (Å²) in [6.45, 7) is 0.822. The van der Waals surface area contributed by atoms with Gasteiger partial charge in [0.1, 0.15) is 4.90 Å². The molecule has 0 atom stereocenters. The lowest BCUT2D eigenvalue weighted by Crippen LogP contribution is -2.28. The van der Waals surface area contributed by atoms with Gasteiger partial charge in [0, 0.05) is 18.1 Å². The Morgan fingerprint density at radius 2 is 1.88 bits per heavy atom. The van der Waals surface area contributed by atoms with Crippen molar-refractivity contribution in [3.63, 3.8) is 0 Å². The largest absolute Gasteiger partial charge is 0.396 e. The maximum Gasteiger partial charge on any atom is 0.246 e. The quantitative estimate of drug-likeness (QED) is 0.840. The molecule has 7 heteroatoms. The molecule has 1 saturated heterocycles. The lowest BCUT2D eigenvalue weighted by molar-refractivity contribution is 0.470. The maximum atomic E-state index is 13.7. The van der Waals surface area contributed by atoms with Gasteiger partial charge >= 0.3 is 0 Å². The topological polar surface area (TPSA) is 63.4 Å². The van der Waals surface area contributed by atoms with Crippen molar-refractivity contribution in [2.45, 2.75) is 17.7 Å². The molecule has 1 aliphatic heterocycles. The van der Waals surface area contributed by atoms with Crippen LogP contribution in [0, 0.1) is 5.82 Å². The Labute approximate surface area is 104 Å². The summed E-state index contributed by atoms with van der Waals surface area (Å²) in [5.41, 5.74) is 5.12. The lowest BCUT2D eigenvalue weighted by Gasteiger charge is -2.16. The van der Waals surface area contributed by atoms with Crippen LogP contribution in [0.1, 0.15) is 12.8 Å². The third kappa shape index (κ3) is 2.25. The molecule has 0 spiro atoms. The molecule has 0 aliphatic carbocycles. The minimum Gasteiger partial charge on any atom is -0.396 e. The molecule has 1 aromatic rings. The van der Waals surface area contributed by atoms with E-state index in [1.807, 2.05) is 0 Å². The third-order valence-corrected chi connectivity index (χ3v) is 4.83. The number of anilines is 1. The van der Waals surface area contributed by atoms with E-state index < -0.39 is 20.7 Å². The van der Waals surface area contributed by atoms with E-state index in [1.165, 1.54) is 10.4 Å². The third-order valence-electron chi connectivity index (χ3n) is 2.72. The van der Waals surface area contributed by atoms with Crippen LogP contribution in [0.3, 0.4) is 0 Å². The summed E-state index contributed by atoms with van der Waals surface area (Å²) >= 11 is 5.71. The molecule has 17 heavy (non-hydrogen) atoms. The first-order valence-corrected chi connectivity index (χ1v) is 6.99. The number of nitrogens with two attached hydrogens (primary N) is 1. The molecule has 0 aromatic heterocycles. The molecule has 1 fully saturated rings. The molecule has 1 aromatic carbocycles. The Morgan fingerprint density at radius 1 is 1.29 bits per heavy atom. The van der Waals surface area contributed by atoms with Crippen molar-refractivity contribution >= 4 is 27.3 Å². The highest BCUT2D eigenvalue weighted by molar-refractivity contribution is 7.89. The van der Waals surface area contributed by atoms with Crippen LogP contribution >= 0.6 is 11.6 Å². The van der Waals surface area contributed by atoms with Crippen LogP contribution < -0.4 is 5.73 Å². The molecule has 0 unspecified atom stereocenters. The summed E-state index contributed by atoms with van der Waals surface area (Å²) < 4.78 is 39.3.